The van der Waals surface area contributed by atoms with Gasteiger partial charge in [0.25, 0.3) is 5.91 Å². The molecular formula is C29H31FN2O3S. The molecule has 3 fully saturated rings. The Labute approximate surface area is 214 Å². The maximum absolute atomic E-state index is 13.2. The Hall–Kier alpha value is -2.64. The van der Waals surface area contributed by atoms with Gasteiger partial charge in [-0.25, -0.2) is 9.37 Å². The summed E-state index contributed by atoms with van der Waals surface area (Å²) in [6.45, 7) is 4.52. The molecular weight excluding hydrogens is 475 g/mol. The van der Waals surface area contributed by atoms with Gasteiger partial charge in [0.2, 0.25) is 0 Å². The maximum atomic E-state index is 13.2. The van der Waals surface area contributed by atoms with Crippen molar-refractivity contribution in [2.45, 2.75) is 58.0 Å². The van der Waals surface area contributed by atoms with Gasteiger partial charge in [0.1, 0.15) is 5.82 Å². The molecule has 0 radical (unpaired) electrons. The predicted molar refractivity (Wildman–Crippen MR) is 137 cm³/mol. The van der Waals surface area contributed by atoms with Gasteiger partial charge in [-0.2, -0.15) is 0 Å². The van der Waals surface area contributed by atoms with Gasteiger partial charge < -0.3 is 5.11 Å². The van der Waals surface area contributed by atoms with E-state index in [9.17, 15) is 19.1 Å². The number of nitrogens with zero attached hydrogens (tertiary/aromatic N) is 1. The summed E-state index contributed by atoms with van der Waals surface area (Å²) in [6.07, 6.45) is 9.83. The van der Waals surface area contributed by atoms with E-state index in [2.05, 4.69) is 25.2 Å². The summed E-state index contributed by atoms with van der Waals surface area (Å²) in [5.74, 6) is 0.609. The standard InChI is InChI=1S/C29H31FN2O3S/c1-28-12-11-19(33)13-17(28)5-8-20-21-9-10-22(29(21,2)14-24(34)25(20)28)23-15-36-27(31-23)32-26(35)16-3-6-18(30)7-4-16/h3-4,6-7,11-13,15,20-22,24-25,34H,5,8-10,14H2,1-2H3,(H,31,32,35). The lowest BCUT2D eigenvalue weighted by atomic mass is 9.47. The van der Waals surface area contributed by atoms with Crippen molar-refractivity contribution in [3.63, 3.8) is 0 Å². The molecule has 188 valence electrons. The molecule has 7 unspecified atom stereocenters. The molecule has 5 nitrogen and oxygen atoms in total. The molecule has 6 rings (SSSR count). The third-order valence-corrected chi connectivity index (χ3v) is 10.5. The number of thiazole rings is 1. The van der Waals surface area contributed by atoms with E-state index in [0.717, 1.165) is 31.4 Å². The molecule has 0 aliphatic heterocycles. The van der Waals surface area contributed by atoms with Crippen molar-refractivity contribution in [3.05, 3.63) is 70.5 Å². The molecule has 0 bridgehead atoms. The molecule has 1 heterocycles. The lowest BCUT2D eigenvalue weighted by Crippen LogP contribution is -2.55. The molecule has 7 heteroatoms. The Bertz CT molecular complexity index is 1280. The second-order valence-corrected chi connectivity index (χ2v) is 12.3. The summed E-state index contributed by atoms with van der Waals surface area (Å²) in [4.78, 5) is 29.4. The fourth-order valence-electron chi connectivity index (χ4n) is 8.09. The summed E-state index contributed by atoms with van der Waals surface area (Å²) < 4.78 is 13.2. The summed E-state index contributed by atoms with van der Waals surface area (Å²) in [7, 11) is 0. The number of allylic oxidation sites excluding steroid dienone is 4. The molecule has 1 aromatic heterocycles. The normalized spacial score (nSPS) is 37.1. The highest BCUT2D eigenvalue weighted by Gasteiger charge is 2.62. The number of carbonyl (C=O) groups is 2. The van der Waals surface area contributed by atoms with Gasteiger partial charge in [-0.05, 0) is 85.8 Å². The second kappa shape index (κ2) is 8.45. The number of nitrogens with one attached hydrogen (secondary N) is 1. The fourth-order valence-corrected chi connectivity index (χ4v) is 8.84. The van der Waals surface area contributed by atoms with Crippen LogP contribution in [0.5, 0.6) is 0 Å². The number of fused-ring (bicyclic) bond motifs is 5. The van der Waals surface area contributed by atoms with Crippen LogP contribution in [0.1, 0.15) is 67.9 Å². The Kier molecular flexibility index (Phi) is 5.57. The highest BCUT2D eigenvalue weighted by Crippen LogP contribution is 2.67. The van der Waals surface area contributed by atoms with E-state index in [1.807, 2.05) is 5.38 Å². The number of benzene rings is 1. The lowest BCUT2D eigenvalue weighted by Gasteiger charge is -2.58. The minimum atomic E-state index is -0.445. The van der Waals surface area contributed by atoms with Crippen molar-refractivity contribution >= 4 is 28.2 Å². The van der Waals surface area contributed by atoms with E-state index < -0.39 is 6.10 Å². The number of rotatable bonds is 3. The van der Waals surface area contributed by atoms with Crippen LogP contribution in [0.25, 0.3) is 0 Å². The zero-order valence-corrected chi connectivity index (χ0v) is 21.4. The van der Waals surface area contributed by atoms with Gasteiger partial charge in [0.15, 0.2) is 10.9 Å². The number of halogens is 1. The summed E-state index contributed by atoms with van der Waals surface area (Å²) in [6, 6.07) is 5.47. The van der Waals surface area contributed by atoms with Gasteiger partial charge in [-0.15, -0.1) is 11.3 Å². The van der Waals surface area contributed by atoms with Gasteiger partial charge in [-0.3, -0.25) is 14.9 Å². The van der Waals surface area contributed by atoms with E-state index in [1.54, 1.807) is 12.2 Å². The molecule has 1 amide bonds. The van der Waals surface area contributed by atoms with E-state index >= 15 is 0 Å². The van der Waals surface area contributed by atoms with Crippen LogP contribution in [-0.4, -0.2) is 27.9 Å². The fraction of sp³-hybridized carbons (Fsp3) is 0.483. The summed E-state index contributed by atoms with van der Waals surface area (Å²) in [5, 5.41) is 17.0. The minimum absolute atomic E-state index is 0.0582. The van der Waals surface area contributed by atoms with Crippen LogP contribution in [-0.2, 0) is 4.79 Å². The van der Waals surface area contributed by atoms with Crippen molar-refractivity contribution in [2.24, 2.45) is 28.6 Å². The summed E-state index contributed by atoms with van der Waals surface area (Å²) in [5.41, 5.74) is 2.22. The molecule has 3 saturated carbocycles. The van der Waals surface area contributed by atoms with Gasteiger partial charge in [-0.1, -0.05) is 25.5 Å². The zero-order chi connectivity index (χ0) is 25.2. The number of aliphatic hydroxyl groups is 1. The molecule has 0 saturated heterocycles. The van der Waals surface area contributed by atoms with E-state index in [0.29, 0.717) is 29.0 Å². The van der Waals surface area contributed by atoms with E-state index in [4.69, 9.17) is 4.98 Å². The van der Waals surface area contributed by atoms with Crippen molar-refractivity contribution in [1.29, 1.82) is 0 Å². The van der Waals surface area contributed by atoms with Gasteiger partial charge >= 0.3 is 0 Å². The maximum Gasteiger partial charge on any atom is 0.257 e. The first-order chi connectivity index (χ1) is 17.2. The van der Waals surface area contributed by atoms with Crippen LogP contribution < -0.4 is 5.32 Å². The zero-order valence-electron chi connectivity index (χ0n) is 20.5. The van der Waals surface area contributed by atoms with E-state index in [-0.39, 0.29) is 40.2 Å². The third kappa shape index (κ3) is 3.62. The number of aliphatic hydroxyl groups excluding tert-OH is 1. The van der Waals surface area contributed by atoms with Crippen molar-refractivity contribution in [2.75, 3.05) is 5.32 Å². The third-order valence-electron chi connectivity index (χ3n) is 9.70. The van der Waals surface area contributed by atoms with Crippen LogP contribution >= 0.6 is 11.3 Å². The van der Waals surface area contributed by atoms with Crippen molar-refractivity contribution in [1.82, 2.24) is 4.98 Å². The predicted octanol–water partition coefficient (Wildman–Crippen LogP) is 5.90. The first-order valence-electron chi connectivity index (χ1n) is 12.8. The number of aromatic nitrogens is 1. The van der Waals surface area contributed by atoms with Crippen molar-refractivity contribution in [3.8, 4) is 0 Å². The van der Waals surface area contributed by atoms with Crippen LogP contribution in [0.4, 0.5) is 9.52 Å². The molecule has 4 aliphatic carbocycles. The Balaban J connectivity index is 1.23. The highest BCUT2D eigenvalue weighted by molar-refractivity contribution is 7.14. The average Bonchev–Trinajstić information content (AvgIpc) is 3.43. The number of hydrogen-bond donors (Lipinski definition) is 2. The number of anilines is 1. The van der Waals surface area contributed by atoms with Crippen molar-refractivity contribution < 1.29 is 19.1 Å². The van der Waals surface area contributed by atoms with Crippen LogP contribution in [0, 0.1) is 34.4 Å². The molecule has 2 N–H and O–H groups in total. The quantitative estimate of drug-likeness (QED) is 0.544. The van der Waals surface area contributed by atoms with Crippen LogP contribution in [0.3, 0.4) is 0 Å². The highest BCUT2D eigenvalue weighted by atomic mass is 32.1. The number of amides is 1. The van der Waals surface area contributed by atoms with Gasteiger partial charge in [0, 0.05) is 28.2 Å². The lowest BCUT2D eigenvalue weighted by molar-refractivity contribution is -0.115. The van der Waals surface area contributed by atoms with E-state index in [1.165, 1.54) is 41.2 Å². The first kappa shape index (κ1) is 23.7. The smallest absolute Gasteiger partial charge is 0.257 e. The SMILES string of the molecule is CC12C=CC(=O)C=C1CCC1C2C(O)CC2(C)C(c3csc(NC(=O)c4ccc(F)cc4)n3)CCC12. The minimum Gasteiger partial charge on any atom is -0.393 e. The molecule has 4 aliphatic rings. The van der Waals surface area contributed by atoms with Crippen LogP contribution in [0.2, 0.25) is 0 Å². The number of carbonyl (C=O) groups excluding carboxylic acids is 2. The molecule has 2 aromatic rings. The molecule has 7 atom stereocenters. The molecule has 1 aromatic carbocycles. The first-order valence-corrected chi connectivity index (χ1v) is 13.7. The number of hydrogen-bond acceptors (Lipinski definition) is 5. The monoisotopic (exact) mass is 506 g/mol. The van der Waals surface area contributed by atoms with Crippen LogP contribution in [0.15, 0.2) is 53.4 Å². The molecule has 36 heavy (non-hydrogen) atoms. The average molecular weight is 507 g/mol. The Morgan fingerprint density at radius 2 is 1.97 bits per heavy atom. The Morgan fingerprint density at radius 1 is 1.19 bits per heavy atom. The van der Waals surface area contributed by atoms with Gasteiger partial charge in [0.05, 0.1) is 11.8 Å². The second-order valence-electron chi connectivity index (χ2n) is 11.5. The summed E-state index contributed by atoms with van der Waals surface area (Å²) >= 11 is 1.41. The molecule has 0 spiro atoms. The topological polar surface area (TPSA) is 79.3 Å². The largest absolute Gasteiger partial charge is 0.393 e. The Morgan fingerprint density at radius 3 is 2.75 bits per heavy atom. The number of ketones is 1.